The molecular formula is C13H19NO3. The molecule has 0 spiro atoms. The van der Waals surface area contributed by atoms with Crippen molar-refractivity contribution in [2.24, 2.45) is 5.73 Å². The summed E-state index contributed by atoms with van der Waals surface area (Å²) in [7, 11) is 3.26. The number of methoxy groups -OCH3 is 2. The highest BCUT2D eigenvalue weighted by Gasteiger charge is 2.42. The Morgan fingerprint density at radius 2 is 1.76 bits per heavy atom. The smallest absolute Gasteiger partial charge is 0.164 e. The van der Waals surface area contributed by atoms with E-state index in [4.69, 9.17) is 19.9 Å². The van der Waals surface area contributed by atoms with E-state index in [2.05, 4.69) is 0 Å². The number of rotatable bonds is 5. The van der Waals surface area contributed by atoms with Crippen LogP contribution in [0.5, 0.6) is 17.2 Å². The average molecular weight is 237 g/mol. The SMILES string of the molecule is CCOc1cc(C2(N)CC2)c(OC)cc1OC. The monoisotopic (exact) mass is 237 g/mol. The Labute approximate surface area is 102 Å². The molecule has 1 saturated carbocycles. The molecule has 0 bridgehead atoms. The lowest BCUT2D eigenvalue weighted by atomic mass is 10.0. The van der Waals surface area contributed by atoms with E-state index in [1.807, 2.05) is 19.1 Å². The van der Waals surface area contributed by atoms with Crippen LogP contribution in [0.1, 0.15) is 25.3 Å². The number of hydrogen-bond donors (Lipinski definition) is 1. The fourth-order valence-corrected chi connectivity index (χ4v) is 1.93. The van der Waals surface area contributed by atoms with E-state index in [0.29, 0.717) is 12.4 Å². The second-order valence-corrected chi connectivity index (χ2v) is 4.29. The number of nitrogens with two attached hydrogens (primary N) is 1. The lowest BCUT2D eigenvalue weighted by Gasteiger charge is -2.18. The van der Waals surface area contributed by atoms with Crippen LogP contribution in [0.2, 0.25) is 0 Å². The molecule has 1 fully saturated rings. The van der Waals surface area contributed by atoms with Crippen molar-refractivity contribution in [3.05, 3.63) is 17.7 Å². The van der Waals surface area contributed by atoms with Crippen molar-refractivity contribution in [2.75, 3.05) is 20.8 Å². The van der Waals surface area contributed by atoms with Gasteiger partial charge in [0.15, 0.2) is 11.5 Å². The summed E-state index contributed by atoms with van der Waals surface area (Å²) >= 11 is 0. The van der Waals surface area contributed by atoms with Gasteiger partial charge in [0.1, 0.15) is 5.75 Å². The van der Waals surface area contributed by atoms with Gasteiger partial charge in [-0.05, 0) is 25.8 Å². The zero-order valence-corrected chi connectivity index (χ0v) is 10.6. The van der Waals surface area contributed by atoms with Crippen LogP contribution in [0, 0.1) is 0 Å². The topological polar surface area (TPSA) is 53.7 Å². The van der Waals surface area contributed by atoms with Gasteiger partial charge in [-0.3, -0.25) is 0 Å². The number of ether oxygens (including phenoxy) is 3. The molecule has 1 aromatic rings. The lowest BCUT2D eigenvalue weighted by Crippen LogP contribution is -2.20. The molecule has 0 radical (unpaired) electrons. The molecule has 0 atom stereocenters. The first-order valence-electron chi connectivity index (χ1n) is 5.83. The Balaban J connectivity index is 2.46. The molecule has 2 N–H and O–H groups in total. The van der Waals surface area contributed by atoms with Crippen LogP contribution in [0.4, 0.5) is 0 Å². The van der Waals surface area contributed by atoms with Gasteiger partial charge in [0.05, 0.1) is 20.8 Å². The van der Waals surface area contributed by atoms with Crippen molar-refractivity contribution < 1.29 is 14.2 Å². The highest BCUT2D eigenvalue weighted by atomic mass is 16.5. The van der Waals surface area contributed by atoms with E-state index >= 15 is 0 Å². The predicted octanol–water partition coefficient (Wildman–Crippen LogP) is 2.05. The molecule has 1 aromatic carbocycles. The van der Waals surface area contributed by atoms with Gasteiger partial charge in [0, 0.05) is 17.2 Å². The maximum Gasteiger partial charge on any atom is 0.164 e. The summed E-state index contributed by atoms with van der Waals surface area (Å²) in [6.45, 7) is 2.54. The fraction of sp³-hybridized carbons (Fsp3) is 0.538. The Morgan fingerprint density at radius 3 is 2.24 bits per heavy atom. The summed E-state index contributed by atoms with van der Waals surface area (Å²) in [5, 5.41) is 0. The van der Waals surface area contributed by atoms with E-state index < -0.39 is 0 Å². The second kappa shape index (κ2) is 4.45. The third kappa shape index (κ3) is 2.17. The fourth-order valence-electron chi connectivity index (χ4n) is 1.93. The molecule has 0 saturated heterocycles. The third-order valence-corrected chi connectivity index (χ3v) is 3.11. The zero-order chi connectivity index (χ0) is 12.5. The molecule has 4 heteroatoms. The first-order valence-corrected chi connectivity index (χ1v) is 5.83. The molecule has 94 valence electrons. The molecule has 1 aliphatic carbocycles. The van der Waals surface area contributed by atoms with Crippen molar-refractivity contribution >= 4 is 0 Å². The van der Waals surface area contributed by atoms with Crippen LogP contribution in [-0.4, -0.2) is 20.8 Å². The molecule has 4 nitrogen and oxygen atoms in total. The first kappa shape index (κ1) is 12.0. The number of hydrogen-bond acceptors (Lipinski definition) is 4. The molecule has 1 aliphatic rings. The second-order valence-electron chi connectivity index (χ2n) is 4.29. The predicted molar refractivity (Wildman–Crippen MR) is 65.8 cm³/mol. The minimum atomic E-state index is -0.247. The van der Waals surface area contributed by atoms with E-state index in [0.717, 1.165) is 29.9 Å². The van der Waals surface area contributed by atoms with Gasteiger partial charge in [-0.1, -0.05) is 0 Å². The maximum absolute atomic E-state index is 6.22. The summed E-state index contributed by atoms with van der Waals surface area (Å²) < 4.78 is 16.2. The van der Waals surface area contributed by atoms with Crippen LogP contribution < -0.4 is 19.9 Å². The van der Waals surface area contributed by atoms with Gasteiger partial charge in [0.2, 0.25) is 0 Å². The van der Waals surface area contributed by atoms with E-state index in [-0.39, 0.29) is 5.54 Å². The number of benzene rings is 1. The van der Waals surface area contributed by atoms with E-state index in [1.54, 1.807) is 14.2 Å². The summed E-state index contributed by atoms with van der Waals surface area (Å²) in [5.74, 6) is 2.17. The average Bonchev–Trinajstić information content (AvgIpc) is 3.08. The van der Waals surface area contributed by atoms with Crippen molar-refractivity contribution in [2.45, 2.75) is 25.3 Å². The minimum Gasteiger partial charge on any atom is -0.496 e. The standard InChI is InChI=1S/C13H19NO3/c1-4-17-12-7-9(13(14)5-6-13)10(15-2)8-11(12)16-3/h7-8H,4-6,14H2,1-3H3. The van der Waals surface area contributed by atoms with Gasteiger partial charge in [-0.2, -0.15) is 0 Å². The molecule has 0 heterocycles. The normalized spacial score (nSPS) is 16.5. The van der Waals surface area contributed by atoms with Crippen LogP contribution >= 0.6 is 0 Å². The molecule has 2 rings (SSSR count). The first-order chi connectivity index (χ1) is 8.14. The van der Waals surface area contributed by atoms with Gasteiger partial charge in [-0.15, -0.1) is 0 Å². The highest BCUT2D eigenvalue weighted by molar-refractivity contribution is 5.54. The summed E-state index contributed by atoms with van der Waals surface area (Å²) in [6, 6.07) is 3.78. The Hall–Kier alpha value is -1.42. The van der Waals surface area contributed by atoms with Crippen LogP contribution in [-0.2, 0) is 5.54 Å². The zero-order valence-electron chi connectivity index (χ0n) is 10.6. The Kier molecular flexibility index (Phi) is 3.15. The molecule has 0 aliphatic heterocycles. The molecule has 17 heavy (non-hydrogen) atoms. The molecule has 0 aromatic heterocycles. The van der Waals surface area contributed by atoms with Crippen LogP contribution in [0.25, 0.3) is 0 Å². The van der Waals surface area contributed by atoms with Gasteiger partial charge >= 0.3 is 0 Å². The third-order valence-electron chi connectivity index (χ3n) is 3.11. The lowest BCUT2D eigenvalue weighted by molar-refractivity contribution is 0.307. The largest absolute Gasteiger partial charge is 0.496 e. The van der Waals surface area contributed by atoms with E-state index in [1.165, 1.54) is 0 Å². The van der Waals surface area contributed by atoms with Gasteiger partial charge in [0.25, 0.3) is 0 Å². The van der Waals surface area contributed by atoms with Gasteiger partial charge in [-0.25, -0.2) is 0 Å². The minimum absolute atomic E-state index is 0.247. The Bertz CT molecular complexity index is 413. The summed E-state index contributed by atoms with van der Waals surface area (Å²) in [5.41, 5.74) is 6.98. The highest BCUT2D eigenvalue weighted by Crippen LogP contribution is 2.49. The molecular weight excluding hydrogens is 218 g/mol. The van der Waals surface area contributed by atoms with Gasteiger partial charge < -0.3 is 19.9 Å². The van der Waals surface area contributed by atoms with Crippen LogP contribution in [0.3, 0.4) is 0 Å². The van der Waals surface area contributed by atoms with Crippen molar-refractivity contribution in [1.29, 1.82) is 0 Å². The van der Waals surface area contributed by atoms with Crippen molar-refractivity contribution in [1.82, 2.24) is 0 Å². The molecule has 0 unspecified atom stereocenters. The van der Waals surface area contributed by atoms with Crippen molar-refractivity contribution in [3.63, 3.8) is 0 Å². The summed E-state index contributed by atoms with van der Waals surface area (Å²) in [6.07, 6.45) is 1.97. The quantitative estimate of drug-likeness (QED) is 0.851. The molecule has 0 amide bonds. The van der Waals surface area contributed by atoms with Crippen LogP contribution in [0.15, 0.2) is 12.1 Å². The maximum atomic E-state index is 6.22. The summed E-state index contributed by atoms with van der Waals surface area (Å²) in [4.78, 5) is 0. The van der Waals surface area contributed by atoms with Crippen molar-refractivity contribution in [3.8, 4) is 17.2 Å². The Morgan fingerprint density at radius 1 is 1.12 bits per heavy atom. The van der Waals surface area contributed by atoms with E-state index in [9.17, 15) is 0 Å².